The summed E-state index contributed by atoms with van der Waals surface area (Å²) in [5.41, 5.74) is 2.40. The highest BCUT2D eigenvalue weighted by molar-refractivity contribution is 5.81. The molecule has 0 aliphatic carbocycles. The molecule has 4 nitrogen and oxygen atoms in total. The maximum atomic E-state index is 5.70. The quantitative estimate of drug-likeness (QED) is 0.850. The van der Waals surface area contributed by atoms with Crippen LogP contribution in [0.2, 0.25) is 0 Å². The van der Waals surface area contributed by atoms with E-state index in [1.807, 2.05) is 0 Å². The Kier molecular flexibility index (Phi) is 4.88. The van der Waals surface area contributed by atoms with Crippen molar-refractivity contribution in [2.24, 2.45) is 0 Å². The van der Waals surface area contributed by atoms with E-state index in [0.29, 0.717) is 6.10 Å². The standard InChI is InChI=1S/C17H25N3O/c1-2-18-13-16-15-9-3-4-10-17(15)20(19-16)11-5-7-14-8-6-12-21-14/h3-4,9-10,14,18H,2,5-8,11-13H2,1H3. The molecule has 1 aliphatic rings. The van der Waals surface area contributed by atoms with E-state index in [9.17, 15) is 0 Å². The Labute approximate surface area is 126 Å². The number of benzene rings is 1. The zero-order valence-electron chi connectivity index (χ0n) is 12.8. The van der Waals surface area contributed by atoms with Crippen molar-refractivity contribution in [2.75, 3.05) is 13.2 Å². The van der Waals surface area contributed by atoms with Crippen LogP contribution >= 0.6 is 0 Å². The first kappa shape index (κ1) is 14.5. The summed E-state index contributed by atoms with van der Waals surface area (Å²) in [4.78, 5) is 0. The second kappa shape index (κ2) is 7.05. The zero-order chi connectivity index (χ0) is 14.5. The van der Waals surface area contributed by atoms with Crippen LogP contribution in [-0.2, 0) is 17.8 Å². The van der Waals surface area contributed by atoms with Crippen LogP contribution < -0.4 is 5.32 Å². The molecule has 21 heavy (non-hydrogen) atoms. The Hall–Kier alpha value is -1.39. The van der Waals surface area contributed by atoms with Gasteiger partial charge in [-0.3, -0.25) is 4.68 Å². The van der Waals surface area contributed by atoms with Crippen LogP contribution in [-0.4, -0.2) is 29.0 Å². The van der Waals surface area contributed by atoms with Crippen LogP contribution in [0.25, 0.3) is 10.9 Å². The highest BCUT2D eigenvalue weighted by Gasteiger charge is 2.15. The molecule has 0 radical (unpaired) electrons. The molecule has 2 heterocycles. The smallest absolute Gasteiger partial charge is 0.0841 e. The van der Waals surface area contributed by atoms with Gasteiger partial charge in [0.25, 0.3) is 0 Å². The second-order valence-electron chi connectivity index (χ2n) is 5.74. The molecule has 0 bridgehead atoms. The molecule has 1 saturated heterocycles. The number of nitrogens with zero attached hydrogens (tertiary/aromatic N) is 2. The van der Waals surface area contributed by atoms with Crippen molar-refractivity contribution in [3.8, 4) is 0 Å². The minimum Gasteiger partial charge on any atom is -0.378 e. The lowest BCUT2D eigenvalue weighted by Crippen LogP contribution is -2.13. The van der Waals surface area contributed by atoms with Gasteiger partial charge < -0.3 is 10.1 Å². The summed E-state index contributed by atoms with van der Waals surface area (Å²) in [5, 5.41) is 9.45. The number of fused-ring (bicyclic) bond motifs is 1. The number of para-hydroxylation sites is 1. The first-order valence-electron chi connectivity index (χ1n) is 8.15. The monoisotopic (exact) mass is 287 g/mol. The predicted octanol–water partition coefficient (Wildman–Crippen LogP) is 3.11. The number of rotatable bonds is 7. The SMILES string of the molecule is CCNCc1nn(CCCC2CCCO2)c2ccccc12. The van der Waals surface area contributed by atoms with Gasteiger partial charge in [-0.25, -0.2) is 0 Å². The van der Waals surface area contributed by atoms with Crippen LogP contribution in [0.3, 0.4) is 0 Å². The van der Waals surface area contributed by atoms with Gasteiger partial charge in [0.2, 0.25) is 0 Å². The van der Waals surface area contributed by atoms with Crippen molar-refractivity contribution in [2.45, 2.75) is 51.8 Å². The van der Waals surface area contributed by atoms with Gasteiger partial charge in [-0.1, -0.05) is 25.1 Å². The zero-order valence-corrected chi connectivity index (χ0v) is 12.8. The van der Waals surface area contributed by atoms with Gasteiger partial charge in [0.1, 0.15) is 0 Å². The van der Waals surface area contributed by atoms with Crippen LogP contribution in [0, 0.1) is 0 Å². The van der Waals surface area contributed by atoms with Gasteiger partial charge in [-0.05, 0) is 38.3 Å². The lowest BCUT2D eigenvalue weighted by molar-refractivity contribution is 0.101. The topological polar surface area (TPSA) is 39.1 Å². The average molecular weight is 287 g/mol. The maximum Gasteiger partial charge on any atom is 0.0841 e. The molecule has 1 aliphatic heterocycles. The van der Waals surface area contributed by atoms with Gasteiger partial charge in [0.15, 0.2) is 0 Å². The molecular formula is C17H25N3O. The molecule has 1 atom stereocenters. The second-order valence-corrected chi connectivity index (χ2v) is 5.74. The van der Waals surface area contributed by atoms with Gasteiger partial charge >= 0.3 is 0 Å². The van der Waals surface area contributed by atoms with Gasteiger partial charge in [0, 0.05) is 25.1 Å². The highest BCUT2D eigenvalue weighted by Crippen LogP contribution is 2.21. The summed E-state index contributed by atoms with van der Waals surface area (Å²) in [6, 6.07) is 8.53. The minimum atomic E-state index is 0.480. The summed E-state index contributed by atoms with van der Waals surface area (Å²) in [6.45, 7) is 5.87. The highest BCUT2D eigenvalue weighted by atomic mass is 16.5. The summed E-state index contributed by atoms with van der Waals surface area (Å²) >= 11 is 0. The van der Waals surface area contributed by atoms with Crippen molar-refractivity contribution in [1.29, 1.82) is 0 Å². The summed E-state index contributed by atoms with van der Waals surface area (Å²) in [5.74, 6) is 0. The van der Waals surface area contributed by atoms with Gasteiger partial charge in [-0.15, -0.1) is 0 Å². The van der Waals surface area contributed by atoms with E-state index in [4.69, 9.17) is 9.84 Å². The number of ether oxygens (including phenoxy) is 1. The molecular weight excluding hydrogens is 262 g/mol. The van der Waals surface area contributed by atoms with Crippen molar-refractivity contribution >= 4 is 10.9 Å². The Balaban J connectivity index is 1.68. The van der Waals surface area contributed by atoms with E-state index in [0.717, 1.165) is 44.8 Å². The first-order chi connectivity index (χ1) is 10.4. The molecule has 4 heteroatoms. The van der Waals surface area contributed by atoms with E-state index in [-0.39, 0.29) is 0 Å². The Morgan fingerprint density at radius 1 is 1.38 bits per heavy atom. The van der Waals surface area contributed by atoms with Gasteiger partial charge in [-0.2, -0.15) is 5.10 Å². The fourth-order valence-corrected chi connectivity index (χ4v) is 3.08. The Morgan fingerprint density at radius 2 is 2.29 bits per heavy atom. The van der Waals surface area contributed by atoms with E-state index >= 15 is 0 Å². The van der Waals surface area contributed by atoms with E-state index in [2.05, 4.69) is 41.2 Å². The third-order valence-corrected chi connectivity index (χ3v) is 4.20. The molecule has 114 valence electrons. The van der Waals surface area contributed by atoms with Crippen LogP contribution in [0.4, 0.5) is 0 Å². The maximum absolute atomic E-state index is 5.70. The number of aryl methyl sites for hydroxylation is 1. The fraction of sp³-hybridized carbons (Fsp3) is 0.588. The van der Waals surface area contributed by atoms with E-state index < -0.39 is 0 Å². The number of hydrogen-bond acceptors (Lipinski definition) is 3. The lowest BCUT2D eigenvalue weighted by Gasteiger charge is -2.09. The largest absolute Gasteiger partial charge is 0.378 e. The molecule has 3 rings (SSSR count). The lowest BCUT2D eigenvalue weighted by atomic mass is 10.1. The van der Waals surface area contributed by atoms with E-state index in [1.54, 1.807) is 0 Å². The summed E-state index contributed by atoms with van der Waals surface area (Å²) < 4.78 is 7.86. The third kappa shape index (κ3) is 3.44. The number of hydrogen-bond donors (Lipinski definition) is 1. The summed E-state index contributed by atoms with van der Waals surface area (Å²) in [7, 11) is 0. The van der Waals surface area contributed by atoms with Crippen LogP contribution in [0.1, 0.15) is 38.3 Å². The average Bonchev–Trinajstić information content (AvgIpc) is 3.14. The molecule has 0 saturated carbocycles. The van der Waals surface area contributed by atoms with Gasteiger partial charge in [0.05, 0.1) is 17.3 Å². The van der Waals surface area contributed by atoms with Crippen molar-refractivity contribution in [3.63, 3.8) is 0 Å². The predicted molar refractivity (Wildman–Crippen MR) is 85.3 cm³/mol. The molecule has 1 aromatic carbocycles. The third-order valence-electron chi connectivity index (χ3n) is 4.20. The molecule has 1 aromatic heterocycles. The normalized spacial score (nSPS) is 18.6. The van der Waals surface area contributed by atoms with Crippen molar-refractivity contribution in [1.82, 2.24) is 15.1 Å². The van der Waals surface area contributed by atoms with Crippen LogP contribution in [0.15, 0.2) is 24.3 Å². The molecule has 1 unspecified atom stereocenters. The summed E-state index contributed by atoms with van der Waals surface area (Å²) in [6.07, 6.45) is 5.22. The number of nitrogens with one attached hydrogen (secondary N) is 1. The fourth-order valence-electron chi connectivity index (χ4n) is 3.08. The molecule has 2 aromatic rings. The van der Waals surface area contributed by atoms with Crippen molar-refractivity contribution < 1.29 is 4.74 Å². The number of aromatic nitrogens is 2. The molecule has 0 spiro atoms. The van der Waals surface area contributed by atoms with Crippen LogP contribution in [0.5, 0.6) is 0 Å². The molecule has 1 fully saturated rings. The van der Waals surface area contributed by atoms with E-state index in [1.165, 1.54) is 23.7 Å². The van der Waals surface area contributed by atoms with Crippen molar-refractivity contribution in [3.05, 3.63) is 30.0 Å². The molecule has 0 amide bonds. The first-order valence-corrected chi connectivity index (χ1v) is 8.15. The Bertz CT molecular complexity index is 572. The Morgan fingerprint density at radius 3 is 3.10 bits per heavy atom. The molecule has 1 N–H and O–H groups in total. The minimum absolute atomic E-state index is 0.480.